The van der Waals surface area contributed by atoms with E-state index in [2.05, 4.69) is 15.3 Å². The molecule has 1 aromatic rings. The molecule has 2 aliphatic heterocycles. The number of hydrazine groups is 1. The van der Waals surface area contributed by atoms with Crippen LogP contribution in [0.15, 0.2) is 12.3 Å². The Hall–Kier alpha value is -1.73. The van der Waals surface area contributed by atoms with Gasteiger partial charge in [-0.15, -0.1) is 0 Å². The van der Waals surface area contributed by atoms with Crippen LogP contribution in [0.25, 0.3) is 0 Å². The highest BCUT2D eigenvalue weighted by Gasteiger charge is 2.37. The molecule has 1 amide bonds. The second-order valence-corrected chi connectivity index (χ2v) is 5.76. The van der Waals surface area contributed by atoms with Crippen molar-refractivity contribution < 1.29 is 9.18 Å². The van der Waals surface area contributed by atoms with Gasteiger partial charge >= 0.3 is 0 Å². The number of amides is 1. The van der Waals surface area contributed by atoms with E-state index in [1.54, 1.807) is 4.90 Å². The van der Waals surface area contributed by atoms with Gasteiger partial charge in [0.15, 0.2) is 11.6 Å². The molecular weight excluding hydrogens is 273 g/mol. The highest BCUT2D eigenvalue weighted by atomic mass is 19.1. The molecule has 0 radical (unpaired) electrons. The summed E-state index contributed by atoms with van der Waals surface area (Å²) >= 11 is 0. The van der Waals surface area contributed by atoms with E-state index in [1.165, 1.54) is 18.7 Å². The summed E-state index contributed by atoms with van der Waals surface area (Å²) in [7, 11) is 0. The van der Waals surface area contributed by atoms with Crippen molar-refractivity contribution in [3.63, 3.8) is 0 Å². The van der Waals surface area contributed by atoms with Crippen LogP contribution in [-0.2, 0) is 0 Å². The number of anilines is 1. The largest absolute Gasteiger partial charge is 0.333 e. The molecule has 2 aliphatic rings. The molecule has 1 aromatic heterocycles. The number of carbonyl (C=O) groups is 1. The Morgan fingerprint density at radius 1 is 1.52 bits per heavy atom. The lowest BCUT2D eigenvalue weighted by Gasteiger charge is -2.42. The van der Waals surface area contributed by atoms with Crippen molar-refractivity contribution in [1.29, 1.82) is 0 Å². The number of carbonyl (C=O) groups excluding carboxylic acids is 1. The van der Waals surface area contributed by atoms with Crippen molar-refractivity contribution in [1.82, 2.24) is 14.8 Å². The van der Waals surface area contributed by atoms with Crippen molar-refractivity contribution >= 4 is 11.7 Å². The fourth-order valence-corrected chi connectivity index (χ4v) is 3.33. The number of halogens is 1. The molecule has 3 heterocycles. The Balaban J connectivity index is 1.84. The summed E-state index contributed by atoms with van der Waals surface area (Å²) in [5, 5.41) is 0. The molecule has 2 unspecified atom stereocenters. The topological polar surface area (TPSA) is 74.5 Å². The molecule has 0 aromatic carbocycles. The van der Waals surface area contributed by atoms with Crippen molar-refractivity contribution in [3.05, 3.63) is 23.6 Å². The van der Waals surface area contributed by atoms with Crippen molar-refractivity contribution in [2.45, 2.75) is 31.8 Å². The van der Waals surface area contributed by atoms with Crippen LogP contribution in [0.1, 0.15) is 30.1 Å². The molecule has 3 N–H and O–H groups in total. The number of nitrogens with one attached hydrogen (secondary N) is 1. The van der Waals surface area contributed by atoms with Crippen LogP contribution in [0.5, 0.6) is 0 Å². The maximum Gasteiger partial charge on any atom is 0.257 e. The molecule has 7 heteroatoms. The van der Waals surface area contributed by atoms with Gasteiger partial charge in [-0.3, -0.25) is 9.69 Å². The maximum atomic E-state index is 14.2. The molecule has 0 spiro atoms. The van der Waals surface area contributed by atoms with Crippen LogP contribution >= 0.6 is 0 Å². The summed E-state index contributed by atoms with van der Waals surface area (Å²) in [6, 6.07) is 1.89. The lowest BCUT2D eigenvalue weighted by Crippen LogP contribution is -2.56. The molecule has 0 saturated carbocycles. The first-order chi connectivity index (χ1) is 10.1. The molecule has 6 nitrogen and oxygen atoms in total. The third-order valence-electron chi connectivity index (χ3n) is 4.45. The Bertz CT molecular complexity index is 552. The summed E-state index contributed by atoms with van der Waals surface area (Å²) < 4.78 is 14.2. The molecule has 2 saturated heterocycles. The monoisotopic (exact) mass is 293 g/mol. The Kier molecular flexibility index (Phi) is 3.77. The predicted octanol–water partition coefficient (Wildman–Crippen LogP) is 0.815. The molecule has 2 atom stereocenters. The Morgan fingerprint density at radius 2 is 2.33 bits per heavy atom. The minimum atomic E-state index is -0.689. The van der Waals surface area contributed by atoms with Crippen molar-refractivity contribution in [3.8, 4) is 0 Å². The molecule has 21 heavy (non-hydrogen) atoms. The minimum absolute atomic E-state index is 0.0243. The second kappa shape index (κ2) is 5.57. The van der Waals surface area contributed by atoms with Gasteiger partial charge in [0.05, 0.1) is 5.56 Å². The zero-order chi connectivity index (χ0) is 15.0. The average molecular weight is 293 g/mol. The summed E-state index contributed by atoms with van der Waals surface area (Å²) in [6.07, 6.45) is 3.66. The van der Waals surface area contributed by atoms with E-state index < -0.39 is 5.82 Å². The number of rotatable bonds is 2. The minimum Gasteiger partial charge on any atom is -0.333 e. The fraction of sp³-hybridized carbons (Fsp3) is 0.571. The normalized spacial score (nSPS) is 25.8. The number of nitrogen functional groups attached to an aromatic ring is 1. The number of fused-ring (bicyclic) bond motifs is 1. The molecule has 0 aliphatic carbocycles. The number of pyridine rings is 1. The lowest BCUT2D eigenvalue weighted by molar-refractivity contribution is 0.0391. The predicted molar refractivity (Wildman–Crippen MR) is 77.1 cm³/mol. The van der Waals surface area contributed by atoms with Crippen LogP contribution in [0.4, 0.5) is 10.2 Å². The Labute approximate surface area is 123 Å². The van der Waals surface area contributed by atoms with Crippen LogP contribution in [0.3, 0.4) is 0 Å². The maximum absolute atomic E-state index is 14.2. The van der Waals surface area contributed by atoms with E-state index >= 15 is 0 Å². The summed E-state index contributed by atoms with van der Waals surface area (Å²) in [5.74, 6) is 4.13. The van der Waals surface area contributed by atoms with E-state index in [0.29, 0.717) is 12.6 Å². The highest BCUT2D eigenvalue weighted by molar-refractivity contribution is 5.95. The van der Waals surface area contributed by atoms with Crippen molar-refractivity contribution in [2.75, 3.05) is 25.1 Å². The van der Waals surface area contributed by atoms with Crippen molar-refractivity contribution in [2.24, 2.45) is 5.84 Å². The zero-order valence-electron chi connectivity index (χ0n) is 12.1. The first-order valence-electron chi connectivity index (χ1n) is 7.28. The first-order valence-corrected chi connectivity index (χ1v) is 7.28. The van der Waals surface area contributed by atoms with Gasteiger partial charge in [-0.05, 0) is 32.4 Å². The van der Waals surface area contributed by atoms with Gasteiger partial charge in [0.1, 0.15) is 0 Å². The van der Waals surface area contributed by atoms with E-state index in [0.717, 1.165) is 19.5 Å². The lowest BCUT2D eigenvalue weighted by atomic mass is 10.1. The van der Waals surface area contributed by atoms with E-state index in [9.17, 15) is 9.18 Å². The van der Waals surface area contributed by atoms with E-state index in [4.69, 9.17) is 5.84 Å². The van der Waals surface area contributed by atoms with E-state index in [-0.39, 0.29) is 23.3 Å². The first kappa shape index (κ1) is 14.2. The molecule has 2 fully saturated rings. The third kappa shape index (κ3) is 2.47. The standard InChI is InChI=1S/C14H20FN5O/c1-9-7-19-6-2-3-10(19)8-20(9)14(21)11-4-5-17-13(18-16)12(11)15/h4-5,9-10H,2-3,6-8,16H2,1H3,(H,17,18). The number of piperazine rings is 1. The zero-order valence-corrected chi connectivity index (χ0v) is 12.1. The number of nitrogens with zero attached hydrogens (tertiary/aromatic N) is 3. The summed E-state index contributed by atoms with van der Waals surface area (Å²) in [5.41, 5.74) is 2.20. The van der Waals surface area contributed by atoms with E-state index in [1.807, 2.05) is 6.92 Å². The smallest absolute Gasteiger partial charge is 0.257 e. The molecule has 3 rings (SSSR count). The van der Waals surface area contributed by atoms with Crippen LogP contribution < -0.4 is 11.3 Å². The second-order valence-electron chi connectivity index (χ2n) is 5.76. The fourth-order valence-electron chi connectivity index (χ4n) is 3.33. The number of aromatic nitrogens is 1. The van der Waals surface area contributed by atoms with Gasteiger partial charge < -0.3 is 10.3 Å². The van der Waals surface area contributed by atoms with Gasteiger partial charge in [-0.25, -0.2) is 15.2 Å². The van der Waals surface area contributed by atoms with Gasteiger partial charge in [-0.1, -0.05) is 0 Å². The number of nitrogens with two attached hydrogens (primary N) is 1. The van der Waals surface area contributed by atoms with Crippen LogP contribution in [0, 0.1) is 5.82 Å². The summed E-state index contributed by atoms with van der Waals surface area (Å²) in [4.78, 5) is 20.6. The number of hydrogen-bond donors (Lipinski definition) is 2. The molecule has 0 bridgehead atoms. The van der Waals surface area contributed by atoms with Gasteiger partial charge in [-0.2, -0.15) is 0 Å². The number of hydrogen-bond acceptors (Lipinski definition) is 5. The Morgan fingerprint density at radius 3 is 3.10 bits per heavy atom. The quantitative estimate of drug-likeness (QED) is 0.623. The van der Waals surface area contributed by atoms with Gasteiger partial charge in [0.25, 0.3) is 5.91 Å². The SMILES string of the molecule is CC1CN2CCCC2CN1C(=O)c1ccnc(NN)c1F. The molecular formula is C14H20FN5O. The third-order valence-corrected chi connectivity index (χ3v) is 4.45. The molecule has 114 valence electrons. The van der Waals surface area contributed by atoms with Crippen LogP contribution in [-0.4, -0.2) is 52.4 Å². The summed E-state index contributed by atoms with van der Waals surface area (Å²) in [6.45, 7) is 4.62. The average Bonchev–Trinajstić information content (AvgIpc) is 2.93. The highest BCUT2D eigenvalue weighted by Crippen LogP contribution is 2.26. The van der Waals surface area contributed by atoms with Crippen LogP contribution in [0.2, 0.25) is 0 Å². The van der Waals surface area contributed by atoms with Gasteiger partial charge in [0, 0.05) is 31.4 Å². The van der Waals surface area contributed by atoms with Gasteiger partial charge in [0.2, 0.25) is 0 Å².